The molecule has 0 spiro atoms. The first kappa shape index (κ1) is 17.0. The molecule has 1 aromatic carbocycles. The van der Waals surface area contributed by atoms with Crippen LogP contribution in [0.5, 0.6) is 11.5 Å². The molecule has 118 valence electrons. The van der Waals surface area contributed by atoms with Gasteiger partial charge in [-0.15, -0.1) is 0 Å². The summed E-state index contributed by atoms with van der Waals surface area (Å²) in [6, 6.07) is 4.50. The van der Waals surface area contributed by atoms with E-state index >= 15 is 0 Å². The Bertz CT molecular complexity index is 480. The smallest absolute Gasteiger partial charge is 0.231 e. The van der Waals surface area contributed by atoms with Gasteiger partial charge in [-0.05, 0) is 46.4 Å². The molecule has 0 saturated carbocycles. The van der Waals surface area contributed by atoms with E-state index in [1.54, 1.807) is 0 Å². The Balaban J connectivity index is 2.57. The summed E-state index contributed by atoms with van der Waals surface area (Å²) in [6.07, 6.45) is 0. The zero-order valence-corrected chi connectivity index (χ0v) is 16.4. The summed E-state index contributed by atoms with van der Waals surface area (Å²) in [6.45, 7) is 19.1. The summed E-state index contributed by atoms with van der Waals surface area (Å²) < 4.78 is 11.2. The fourth-order valence-corrected chi connectivity index (χ4v) is 5.96. The molecule has 0 radical (unpaired) electrons. The second-order valence-electron chi connectivity index (χ2n) is 7.65. The Morgan fingerprint density at radius 1 is 0.762 bits per heavy atom. The van der Waals surface area contributed by atoms with Gasteiger partial charge in [0.25, 0.3) is 0 Å². The fraction of sp³-hybridized carbons (Fsp3) is 0.647. The Hall–Kier alpha value is -0.320. The monoisotopic (exact) mass is 326 g/mol. The maximum atomic E-state index is 5.62. The molecule has 2 nitrogen and oxygen atoms in total. The molecular weight excluding hydrogens is 298 g/mol. The first-order chi connectivity index (χ1) is 9.51. The van der Waals surface area contributed by atoms with E-state index in [9.17, 15) is 0 Å². The van der Waals surface area contributed by atoms with Crippen LogP contribution < -0.4 is 20.1 Å². The maximum Gasteiger partial charge on any atom is 0.231 e. The quantitative estimate of drug-likeness (QED) is 0.746. The average molecular weight is 326 g/mol. The Morgan fingerprint density at radius 2 is 1.10 bits per heavy atom. The third kappa shape index (κ3) is 3.54. The predicted molar refractivity (Wildman–Crippen MR) is 97.0 cm³/mol. The van der Waals surface area contributed by atoms with Crippen molar-refractivity contribution in [2.75, 3.05) is 20.1 Å². The van der Waals surface area contributed by atoms with Crippen LogP contribution in [-0.2, 0) is 0 Å². The third-order valence-electron chi connectivity index (χ3n) is 4.20. The summed E-state index contributed by atoms with van der Waals surface area (Å²) in [7, 11) is -0.486. The van der Waals surface area contributed by atoms with Crippen molar-refractivity contribution in [1.82, 2.24) is 0 Å². The van der Waals surface area contributed by atoms with Gasteiger partial charge in [-0.2, -0.15) is 0 Å². The fourth-order valence-electron chi connectivity index (χ4n) is 2.18. The number of hydrogen-bond donors (Lipinski definition) is 0. The van der Waals surface area contributed by atoms with Crippen LogP contribution in [0.4, 0.5) is 0 Å². The van der Waals surface area contributed by atoms with Crippen molar-refractivity contribution in [2.45, 2.75) is 51.9 Å². The van der Waals surface area contributed by atoms with Crippen LogP contribution in [0.1, 0.15) is 41.5 Å². The molecule has 1 aromatic rings. The standard InChI is InChI=1S/C17H28O2P2/c1-16(2,3)20(7)14-9-12-13(19-11-18-12)10-15(14)21(8)17(4,5)6/h9-10H,11H2,1-8H3. The van der Waals surface area contributed by atoms with Gasteiger partial charge in [0, 0.05) is 0 Å². The van der Waals surface area contributed by atoms with Crippen molar-refractivity contribution < 1.29 is 9.47 Å². The van der Waals surface area contributed by atoms with Gasteiger partial charge >= 0.3 is 0 Å². The van der Waals surface area contributed by atoms with Crippen molar-refractivity contribution in [3.63, 3.8) is 0 Å². The molecule has 0 fully saturated rings. The predicted octanol–water partition coefficient (Wildman–Crippen LogP) is 4.49. The minimum Gasteiger partial charge on any atom is -0.454 e. The lowest BCUT2D eigenvalue weighted by atomic mass is 10.2. The van der Waals surface area contributed by atoms with Gasteiger partial charge in [0.05, 0.1) is 0 Å². The van der Waals surface area contributed by atoms with Crippen LogP contribution in [0, 0.1) is 0 Å². The lowest BCUT2D eigenvalue weighted by Gasteiger charge is -2.35. The molecule has 2 atom stereocenters. The normalized spacial score (nSPS) is 17.7. The molecule has 0 aromatic heterocycles. The Morgan fingerprint density at radius 3 is 1.38 bits per heavy atom. The van der Waals surface area contributed by atoms with Crippen molar-refractivity contribution in [3.05, 3.63) is 12.1 Å². The van der Waals surface area contributed by atoms with Gasteiger partial charge in [-0.25, -0.2) is 0 Å². The molecule has 1 aliphatic rings. The summed E-state index contributed by atoms with van der Waals surface area (Å²) in [5, 5.41) is 3.58. The molecule has 0 amide bonds. The molecular formula is C17H28O2P2. The van der Waals surface area contributed by atoms with E-state index < -0.39 is 0 Å². The highest BCUT2D eigenvalue weighted by atomic mass is 31.1. The van der Waals surface area contributed by atoms with Gasteiger partial charge < -0.3 is 9.47 Å². The number of ether oxygens (including phenoxy) is 2. The summed E-state index contributed by atoms with van der Waals surface area (Å²) in [4.78, 5) is 0. The van der Waals surface area contributed by atoms with E-state index in [1.165, 1.54) is 10.6 Å². The van der Waals surface area contributed by atoms with Crippen molar-refractivity contribution in [2.24, 2.45) is 0 Å². The maximum absolute atomic E-state index is 5.62. The molecule has 0 N–H and O–H groups in total. The number of rotatable bonds is 2. The first-order valence-corrected chi connectivity index (χ1v) is 11.0. The summed E-state index contributed by atoms with van der Waals surface area (Å²) in [5.74, 6) is 1.84. The molecule has 2 unspecified atom stereocenters. The minimum atomic E-state index is -0.243. The average Bonchev–Trinajstić information content (AvgIpc) is 2.80. The van der Waals surface area contributed by atoms with Gasteiger partial charge in [-0.3, -0.25) is 0 Å². The van der Waals surface area contributed by atoms with Crippen molar-refractivity contribution in [3.8, 4) is 11.5 Å². The van der Waals surface area contributed by atoms with Crippen molar-refractivity contribution >= 4 is 26.5 Å². The van der Waals surface area contributed by atoms with Crippen LogP contribution in [0.25, 0.3) is 0 Å². The molecule has 1 heterocycles. The molecule has 0 saturated heterocycles. The molecule has 1 aliphatic heterocycles. The van der Waals surface area contributed by atoms with E-state index in [1.807, 2.05) is 0 Å². The van der Waals surface area contributed by atoms with E-state index in [4.69, 9.17) is 9.47 Å². The number of hydrogen-bond acceptors (Lipinski definition) is 2. The van der Waals surface area contributed by atoms with Gasteiger partial charge in [0.2, 0.25) is 6.79 Å². The van der Waals surface area contributed by atoms with Crippen LogP contribution in [0.3, 0.4) is 0 Å². The van der Waals surface area contributed by atoms with Crippen LogP contribution in [0.2, 0.25) is 0 Å². The number of benzene rings is 1. The third-order valence-corrected chi connectivity index (χ3v) is 10.6. The molecule has 4 heteroatoms. The van der Waals surface area contributed by atoms with E-state index in [-0.39, 0.29) is 15.8 Å². The second-order valence-corrected chi connectivity index (χ2v) is 13.5. The Kier molecular flexibility index (Phi) is 4.63. The summed E-state index contributed by atoms with van der Waals surface area (Å²) in [5.41, 5.74) is 0. The molecule has 0 bridgehead atoms. The molecule has 0 aliphatic carbocycles. The Labute approximate surface area is 132 Å². The second kappa shape index (κ2) is 5.71. The zero-order chi connectivity index (χ0) is 16.0. The molecule has 21 heavy (non-hydrogen) atoms. The van der Waals surface area contributed by atoms with Crippen LogP contribution >= 0.6 is 15.8 Å². The van der Waals surface area contributed by atoms with E-state index in [0.717, 1.165) is 11.5 Å². The highest BCUT2D eigenvalue weighted by Crippen LogP contribution is 2.51. The summed E-state index contributed by atoms with van der Waals surface area (Å²) >= 11 is 0. The highest BCUT2D eigenvalue weighted by molar-refractivity contribution is 7.72. The van der Waals surface area contributed by atoms with E-state index in [2.05, 4.69) is 67.0 Å². The topological polar surface area (TPSA) is 18.5 Å². The van der Waals surface area contributed by atoms with Crippen LogP contribution in [0.15, 0.2) is 12.1 Å². The lowest BCUT2D eigenvalue weighted by molar-refractivity contribution is 0.174. The van der Waals surface area contributed by atoms with Crippen LogP contribution in [-0.4, -0.2) is 30.4 Å². The molecule has 2 rings (SSSR count). The van der Waals surface area contributed by atoms with Gasteiger partial charge in [0.15, 0.2) is 11.5 Å². The first-order valence-electron chi connectivity index (χ1n) is 7.43. The lowest BCUT2D eigenvalue weighted by Crippen LogP contribution is -2.32. The van der Waals surface area contributed by atoms with Gasteiger partial charge in [-0.1, -0.05) is 57.4 Å². The zero-order valence-electron chi connectivity index (χ0n) is 14.6. The highest BCUT2D eigenvalue weighted by Gasteiger charge is 2.31. The minimum absolute atomic E-state index is 0.243. The SMILES string of the molecule is CP(c1cc2c(cc1P(C)C(C)(C)C)OCO2)C(C)(C)C. The van der Waals surface area contributed by atoms with Gasteiger partial charge in [0.1, 0.15) is 0 Å². The number of fused-ring (bicyclic) bond motifs is 1. The van der Waals surface area contributed by atoms with E-state index in [0.29, 0.717) is 17.1 Å². The van der Waals surface area contributed by atoms with Crippen molar-refractivity contribution in [1.29, 1.82) is 0 Å². The largest absolute Gasteiger partial charge is 0.454 e.